The number of β-amino-alcohol motifs (C(OH)–C–C–N with tert-alkyl or cyclic N) is 1. The minimum absolute atomic E-state index is 0. The lowest BCUT2D eigenvalue weighted by atomic mass is 9.97. The second-order valence-corrected chi connectivity index (χ2v) is 7.11. The first kappa shape index (κ1) is 19.3. The van der Waals surface area contributed by atoms with E-state index in [0.717, 1.165) is 5.75 Å². The molecule has 1 fully saturated rings. The summed E-state index contributed by atoms with van der Waals surface area (Å²) in [6, 6.07) is 8.29. The Morgan fingerprint density at radius 2 is 1.86 bits per heavy atom. The van der Waals surface area contributed by atoms with Crippen LogP contribution in [0.2, 0.25) is 0 Å². The van der Waals surface area contributed by atoms with Crippen LogP contribution in [0.15, 0.2) is 24.3 Å². The van der Waals surface area contributed by atoms with Crippen molar-refractivity contribution < 1.29 is 9.84 Å². The fourth-order valence-electron chi connectivity index (χ4n) is 2.85. The zero-order chi connectivity index (χ0) is 15.3. The molecule has 1 saturated carbocycles. The maximum atomic E-state index is 10.0. The van der Waals surface area contributed by atoms with Crippen molar-refractivity contribution >= 4 is 12.4 Å². The summed E-state index contributed by atoms with van der Waals surface area (Å²) < 4.78 is 5.89. The Kier molecular flexibility index (Phi) is 7.67. The van der Waals surface area contributed by atoms with E-state index in [0.29, 0.717) is 19.1 Å². The summed E-state index contributed by atoms with van der Waals surface area (Å²) in [4.78, 5) is 0. The van der Waals surface area contributed by atoms with E-state index in [2.05, 4.69) is 38.2 Å². The van der Waals surface area contributed by atoms with E-state index in [4.69, 9.17) is 4.74 Å². The molecule has 0 amide bonds. The molecule has 0 spiro atoms. The summed E-state index contributed by atoms with van der Waals surface area (Å²) in [5.41, 5.74) is 1.33. The maximum Gasteiger partial charge on any atom is 0.122 e. The lowest BCUT2D eigenvalue weighted by Crippen LogP contribution is -2.42. The van der Waals surface area contributed by atoms with Crippen LogP contribution in [-0.4, -0.2) is 29.9 Å². The Hall–Kier alpha value is -0.770. The number of hydrogen-bond donors (Lipinski definition) is 2. The van der Waals surface area contributed by atoms with Gasteiger partial charge in [-0.3, -0.25) is 0 Å². The topological polar surface area (TPSA) is 41.5 Å². The lowest BCUT2D eigenvalue weighted by molar-refractivity contribution is 0.0993. The molecule has 1 aromatic rings. The van der Waals surface area contributed by atoms with Gasteiger partial charge in [0.15, 0.2) is 0 Å². The van der Waals surface area contributed by atoms with Crippen LogP contribution in [-0.2, 0) is 0 Å². The largest absolute Gasteiger partial charge is 0.491 e. The first-order valence-electron chi connectivity index (χ1n) is 8.10. The molecule has 0 unspecified atom stereocenters. The van der Waals surface area contributed by atoms with Crippen LogP contribution in [0.5, 0.6) is 5.75 Å². The molecule has 4 heteroatoms. The van der Waals surface area contributed by atoms with Crippen molar-refractivity contribution in [2.24, 2.45) is 0 Å². The fraction of sp³-hybridized carbons (Fsp3) is 0.667. The third-order valence-electron chi connectivity index (χ3n) is 4.01. The summed E-state index contributed by atoms with van der Waals surface area (Å²) in [6.45, 7) is 7.17. The summed E-state index contributed by atoms with van der Waals surface area (Å²) in [5.74, 6) is 1.57. The Morgan fingerprint density at radius 1 is 1.23 bits per heavy atom. The molecule has 2 rings (SSSR count). The first-order chi connectivity index (χ1) is 9.96. The Labute approximate surface area is 140 Å². The highest BCUT2D eigenvalue weighted by Gasteiger charge is 2.20. The summed E-state index contributed by atoms with van der Waals surface area (Å²) in [7, 11) is 0. The molecule has 3 nitrogen and oxygen atoms in total. The van der Waals surface area contributed by atoms with Crippen LogP contribution in [0.1, 0.15) is 57.9 Å². The van der Waals surface area contributed by atoms with Crippen molar-refractivity contribution in [3.8, 4) is 5.75 Å². The normalized spacial score (nSPS) is 17.1. The van der Waals surface area contributed by atoms with Gasteiger partial charge in [0.1, 0.15) is 18.5 Å². The van der Waals surface area contributed by atoms with Crippen molar-refractivity contribution in [3.63, 3.8) is 0 Å². The van der Waals surface area contributed by atoms with E-state index in [-0.39, 0.29) is 17.9 Å². The van der Waals surface area contributed by atoms with Crippen LogP contribution < -0.4 is 10.1 Å². The van der Waals surface area contributed by atoms with E-state index in [9.17, 15) is 5.11 Å². The molecule has 1 aliphatic carbocycles. The molecule has 1 aliphatic rings. The summed E-state index contributed by atoms with van der Waals surface area (Å²) in [6.07, 6.45) is 4.66. The van der Waals surface area contributed by atoms with E-state index in [1.807, 2.05) is 12.1 Å². The lowest BCUT2D eigenvalue weighted by Gasteiger charge is -2.23. The third-order valence-corrected chi connectivity index (χ3v) is 4.01. The number of benzene rings is 1. The van der Waals surface area contributed by atoms with Gasteiger partial charge in [0.05, 0.1) is 0 Å². The SMILES string of the molecule is CC(C)(C)NC[C@@H](O)COc1ccccc1C1CCCC1.Cl. The monoisotopic (exact) mass is 327 g/mol. The minimum Gasteiger partial charge on any atom is -0.491 e. The highest BCUT2D eigenvalue weighted by atomic mass is 35.5. The fourth-order valence-corrected chi connectivity index (χ4v) is 2.85. The van der Waals surface area contributed by atoms with E-state index >= 15 is 0 Å². The first-order valence-corrected chi connectivity index (χ1v) is 8.10. The Morgan fingerprint density at radius 3 is 2.50 bits per heavy atom. The summed E-state index contributed by atoms with van der Waals surface area (Å²) >= 11 is 0. The molecule has 0 radical (unpaired) electrons. The molecule has 126 valence electrons. The zero-order valence-corrected chi connectivity index (χ0v) is 14.8. The van der Waals surface area contributed by atoms with Gasteiger partial charge >= 0.3 is 0 Å². The number of aliphatic hydroxyl groups is 1. The molecule has 22 heavy (non-hydrogen) atoms. The van der Waals surface area contributed by atoms with Crippen molar-refractivity contribution in [1.82, 2.24) is 5.32 Å². The number of nitrogens with one attached hydrogen (secondary N) is 1. The number of hydrogen-bond acceptors (Lipinski definition) is 3. The van der Waals surface area contributed by atoms with Crippen molar-refractivity contribution in [2.75, 3.05) is 13.2 Å². The van der Waals surface area contributed by atoms with E-state index < -0.39 is 6.10 Å². The van der Waals surface area contributed by atoms with Crippen LogP contribution in [0, 0.1) is 0 Å². The third kappa shape index (κ3) is 6.15. The van der Waals surface area contributed by atoms with Crippen molar-refractivity contribution in [2.45, 2.75) is 64.0 Å². The second-order valence-electron chi connectivity index (χ2n) is 7.11. The molecule has 0 heterocycles. The molecule has 1 atom stereocenters. The van der Waals surface area contributed by atoms with Crippen molar-refractivity contribution in [1.29, 1.82) is 0 Å². The molecular weight excluding hydrogens is 298 g/mol. The molecule has 0 aromatic heterocycles. The summed E-state index contributed by atoms with van der Waals surface area (Å²) in [5, 5.41) is 13.3. The molecule has 2 N–H and O–H groups in total. The quantitative estimate of drug-likeness (QED) is 0.832. The standard InChI is InChI=1S/C18H29NO2.ClH/c1-18(2,3)19-12-15(20)13-21-17-11-7-6-10-16(17)14-8-4-5-9-14;/h6-7,10-11,14-15,19-20H,4-5,8-9,12-13H2,1-3H3;1H/t15-;/m1./s1. The van der Waals surface area contributed by atoms with Crippen LogP contribution in [0.25, 0.3) is 0 Å². The maximum absolute atomic E-state index is 10.0. The van der Waals surface area contributed by atoms with Gasteiger partial charge in [-0.2, -0.15) is 0 Å². The van der Waals surface area contributed by atoms with Gasteiger partial charge in [0, 0.05) is 12.1 Å². The number of ether oxygens (including phenoxy) is 1. The smallest absolute Gasteiger partial charge is 0.122 e. The van der Waals surface area contributed by atoms with Gasteiger partial charge in [0.2, 0.25) is 0 Å². The number of rotatable bonds is 6. The number of para-hydroxylation sites is 1. The predicted molar refractivity (Wildman–Crippen MR) is 94.2 cm³/mol. The number of halogens is 1. The molecule has 0 aliphatic heterocycles. The average molecular weight is 328 g/mol. The predicted octanol–water partition coefficient (Wildman–Crippen LogP) is 3.89. The highest BCUT2D eigenvalue weighted by molar-refractivity contribution is 5.85. The van der Waals surface area contributed by atoms with Gasteiger partial charge in [-0.1, -0.05) is 31.0 Å². The van der Waals surface area contributed by atoms with Gasteiger partial charge in [-0.25, -0.2) is 0 Å². The zero-order valence-electron chi connectivity index (χ0n) is 14.0. The van der Waals surface area contributed by atoms with E-state index in [1.165, 1.54) is 31.2 Å². The second kappa shape index (κ2) is 8.76. The molecule has 0 bridgehead atoms. The van der Waals surface area contributed by atoms with Crippen LogP contribution in [0.3, 0.4) is 0 Å². The minimum atomic E-state index is -0.485. The molecule has 0 saturated heterocycles. The molecule has 1 aromatic carbocycles. The van der Waals surface area contributed by atoms with Crippen molar-refractivity contribution in [3.05, 3.63) is 29.8 Å². The Bertz CT molecular complexity index is 439. The van der Waals surface area contributed by atoms with E-state index in [1.54, 1.807) is 0 Å². The number of aliphatic hydroxyl groups excluding tert-OH is 1. The van der Waals surface area contributed by atoms with Crippen LogP contribution in [0.4, 0.5) is 0 Å². The van der Waals surface area contributed by atoms with Gasteiger partial charge in [-0.05, 0) is 51.2 Å². The van der Waals surface area contributed by atoms with Crippen LogP contribution >= 0.6 is 12.4 Å². The average Bonchev–Trinajstić information content (AvgIpc) is 2.96. The Balaban J connectivity index is 0.00000242. The molecular formula is C18H30ClNO2. The highest BCUT2D eigenvalue weighted by Crippen LogP contribution is 2.38. The van der Waals surface area contributed by atoms with Gasteiger partial charge in [0.25, 0.3) is 0 Å². The van der Waals surface area contributed by atoms with Gasteiger partial charge in [-0.15, -0.1) is 12.4 Å². The van der Waals surface area contributed by atoms with Gasteiger partial charge < -0.3 is 15.2 Å².